The molecular formula is C20H20N2O2. The van der Waals surface area contributed by atoms with E-state index >= 15 is 0 Å². The second-order valence-corrected chi connectivity index (χ2v) is 6.77. The fourth-order valence-corrected chi connectivity index (χ4v) is 2.98. The molecule has 0 unspecified atom stereocenters. The Hall–Kier alpha value is -2.62. The van der Waals surface area contributed by atoms with Gasteiger partial charge in [0.05, 0.1) is 0 Å². The largest absolute Gasteiger partial charge is 0.332 e. The summed E-state index contributed by atoms with van der Waals surface area (Å²) in [6.07, 6.45) is 0. The molecule has 122 valence electrons. The predicted octanol–water partition coefficient (Wildman–Crippen LogP) is 3.04. The number of nitrogens with zero attached hydrogens (tertiary/aromatic N) is 2. The third-order valence-electron chi connectivity index (χ3n) is 4.84. The standard InChI is InChI=1S/C20H20N2O2/c1-13-11-21(13)19(23)17-7-3-15(4-8-17)16-5-9-18(10-6-16)20(24)22-12-14(22)2/h3-10,13-14H,11-12H2,1-2H3/t13-,14+,21?,22?. The van der Waals surface area contributed by atoms with Crippen LogP contribution in [0, 0.1) is 0 Å². The van der Waals surface area contributed by atoms with Gasteiger partial charge in [0, 0.05) is 36.3 Å². The number of benzene rings is 2. The molecule has 2 heterocycles. The molecule has 4 rings (SSSR count). The molecule has 4 nitrogen and oxygen atoms in total. The van der Waals surface area contributed by atoms with Crippen LogP contribution in [0.4, 0.5) is 0 Å². The number of amides is 2. The number of hydrogen-bond acceptors (Lipinski definition) is 2. The highest BCUT2D eigenvalue weighted by Crippen LogP contribution is 2.25. The van der Waals surface area contributed by atoms with Crippen molar-refractivity contribution in [3.05, 3.63) is 59.7 Å². The number of carbonyl (C=O) groups excluding carboxylic acids is 2. The molecule has 2 amide bonds. The molecule has 2 atom stereocenters. The van der Waals surface area contributed by atoms with E-state index in [0.29, 0.717) is 12.1 Å². The number of rotatable bonds is 3. The molecular weight excluding hydrogens is 300 g/mol. The van der Waals surface area contributed by atoms with Gasteiger partial charge in [-0.2, -0.15) is 0 Å². The van der Waals surface area contributed by atoms with Gasteiger partial charge < -0.3 is 9.80 Å². The van der Waals surface area contributed by atoms with Crippen molar-refractivity contribution in [3.63, 3.8) is 0 Å². The molecule has 0 aromatic heterocycles. The van der Waals surface area contributed by atoms with E-state index in [2.05, 4.69) is 0 Å². The van der Waals surface area contributed by atoms with Crippen LogP contribution in [0.15, 0.2) is 48.5 Å². The minimum atomic E-state index is 0.0996. The molecule has 2 aromatic rings. The molecule has 2 aromatic carbocycles. The molecule has 0 aliphatic carbocycles. The van der Waals surface area contributed by atoms with Crippen molar-refractivity contribution in [3.8, 4) is 11.1 Å². The van der Waals surface area contributed by atoms with Gasteiger partial charge in [-0.3, -0.25) is 9.59 Å². The van der Waals surface area contributed by atoms with Gasteiger partial charge in [0.1, 0.15) is 0 Å². The van der Waals surface area contributed by atoms with Crippen LogP contribution in [-0.4, -0.2) is 46.8 Å². The first-order chi connectivity index (χ1) is 11.5. The summed E-state index contributed by atoms with van der Waals surface area (Å²) in [5, 5.41) is 0. The van der Waals surface area contributed by atoms with E-state index < -0.39 is 0 Å². The van der Waals surface area contributed by atoms with Crippen LogP contribution in [0.1, 0.15) is 34.6 Å². The first kappa shape index (κ1) is 14.9. The Morgan fingerprint density at radius 2 is 1.00 bits per heavy atom. The van der Waals surface area contributed by atoms with Crippen molar-refractivity contribution in [2.24, 2.45) is 0 Å². The zero-order valence-corrected chi connectivity index (χ0v) is 13.9. The summed E-state index contributed by atoms with van der Waals surface area (Å²) in [4.78, 5) is 28.0. The Labute approximate surface area is 141 Å². The van der Waals surface area contributed by atoms with E-state index in [1.807, 2.05) is 72.2 Å². The average molecular weight is 320 g/mol. The zero-order chi connectivity index (χ0) is 16.8. The lowest BCUT2D eigenvalue weighted by atomic mass is 10.0. The zero-order valence-electron chi connectivity index (χ0n) is 13.9. The van der Waals surface area contributed by atoms with E-state index in [-0.39, 0.29) is 11.8 Å². The van der Waals surface area contributed by atoms with Crippen molar-refractivity contribution in [2.45, 2.75) is 25.9 Å². The molecule has 0 saturated carbocycles. The van der Waals surface area contributed by atoms with E-state index in [1.54, 1.807) is 0 Å². The number of hydrogen-bond donors (Lipinski definition) is 0. The maximum Gasteiger partial charge on any atom is 0.254 e. The molecule has 0 N–H and O–H groups in total. The van der Waals surface area contributed by atoms with Gasteiger partial charge in [-0.15, -0.1) is 0 Å². The van der Waals surface area contributed by atoms with Crippen LogP contribution < -0.4 is 0 Å². The summed E-state index contributed by atoms with van der Waals surface area (Å²) >= 11 is 0. The van der Waals surface area contributed by atoms with E-state index in [0.717, 1.165) is 35.3 Å². The Kier molecular flexibility index (Phi) is 3.41. The summed E-state index contributed by atoms with van der Waals surface area (Å²) in [7, 11) is 0. The summed E-state index contributed by atoms with van der Waals surface area (Å²) in [6.45, 7) is 5.81. The summed E-state index contributed by atoms with van der Waals surface area (Å²) in [5.41, 5.74) is 3.55. The summed E-state index contributed by atoms with van der Waals surface area (Å²) in [5.74, 6) is 0.199. The topological polar surface area (TPSA) is 40.2 Å². The van der Waals surface area contributed by atoms with E-state index in [4.69, 9.17) is 0 Å². The SMILES string of the molecule is C[C@@H]1CN1C(=O)c1ccc(-c2ccc(C(=O)N3C[C@@H]3C)cc2)cc1. The minimum absolute atomic E-state index is 0.0996. The molecule has 2 fully saturated rings. The van der Waals surface area contributed by atoms with Crippen molar-refractivity contribution in [1.29, 1.82) is 0 Å². The fraction of sp³-hybridized carbons (Fsp3) is 0.300. The highest BCUT2D eigenvalue weighted by Gasteiger charge is 2.35. The minimum Gasteiger partial charge on any atom is -0.332 e. The smallest absolute Gasteiger partial charge is 0.254 e. The fourth-order valence-electron chi connectivity index (χ4n) is 2.98. The highest BCUT2D eigenvalue weighted by molar-refractivity contribution is 5.97. The van der Waals surface area contributed by atoms with Crippen molar-refractivity contribution in [2.75, 3.05) is 13.1 Å². The quantitative estimate of drug-likeness (QED) is 0.816. The maximum atomic E-state index is 12.2. The van der Waals surface area contributed by atoms with Crippen molar-refractivity contribution in [1.82, 2.24) is 9.80 Å². The molecule has 2 aliphatic heterocycles. The first-order valence-corrected chi connectivity index (χ1v) is 8.37. The Balaban J connectivity index is 1.49. The van der Waals surface area contributed by atoms with Crippen LogP contribution in [0.5, 0.6) is 0 Å². The van der Waals surface area contributed by atoms with Gasteiger partial charge in [0.15, 0.2) is 0 Å². The molecule has 4 heteroatoms. The first-order valence-electron chi connectivity index (χ1n) is 8.37. The molecule has 0 bridgehead atoms. The molecule has 0 radical (unpaired) electrons. The number of carbonyl (C=O) groups is 2. The molecule has 2 saturated heterocycles. The van der Waals surface area contributed by atoms with Gasteiger partial charge in [-0.25, -0.2) is 0 Å². The molecule has 2 aliphatic rings. The Morgan fingerprint density at radius 3 is 1.25 bits per heavy atom. The second kappa shape index (κ2) is 5.48. The van der Waals surface area contributed by atoms with Gasteiger partial charge in [-0.05, 0) is 49.2 Å². The predicted molar refractivity (Wildman–Crippen MR) is 92.9 cm³/mol. The third-order valence-corrected chi connectivity index (χ3v) is 4.84. The van der Waals surface area contributed by atoms with Gasteiger partial charge in [0.25, 0.3) is 11.8 Å². The van der Waals surface area contributed by atoms with Gasteiger partial charge >= 0.3 is 0 Å². The van der Waals surface area contributed by atoms with Crippen LogP contribution in [0.25, 0.3) is 11.1 Å². The Morgan fingerprint density at radius 1 is 0.708 bits per heavy atom. The van der Waals surface area contributed by atoms with Crippen molar-refractivity contribution < 1.29 is 9.59 Å². The lowest BCUT2D eigenvalue weighted by Gasteiger charge is -2.07. The maximum absolute atomic E-state index is 12.2. The third kappa shape index (κ3) is 2.68. The monoisotopic (exact) mass is 320 g/mol. The molecule has 0 spiro atoms. The second-order valence-electron chi connectivity index (χ2n) is 6.77. The highest BCUT2D eigenvalue weighted by atomic mass is 16.2. The van der Waals surface area contributed by atoms with Gasteiger partial charge in [-0.1, -0.05) is 24.3 Å². The van der Waals surface area contributed by atoms with Gasteiger partial charge in [0.2, 0.25) is 0 Å². The van der Waals surface area contributed by atoms with E-state index in [9.17, 15) is 9.59 Å². The van der Waals surface area contributed by atoms with Crippen LogP contribution in [0.2, 0.25) is 0 Å². The van der Waals surface area contributed by atoms with Crippen LogP contribution in [-0.2, 0) is 0 Å². The normalized spacial score (nSPS) is 21.6. The molecule has 24 heavy (non-hydrogen) atoms. The van der Waals surface area contributed by atoms with Crippen LogP contribution in [0.3, 0.4) is 0 Å². The lowest BCUT2D eigenvalue weighted by Crippen LogP contribution is -2.12. The Bertz CT molecular complexity index is 726. The van der Waals surface area contributed by atoms with Crippen LogP contribution >= 0.6 is 0 Å². The van der Waals surface area contributed by atoms with Crippen molar-refractivity contribution >= 4 is 11.8 Å². The average Bonchev–Trinajstić information content (AvgIpc) is 3.52. The lowest BCUT2D eigenvalue weighted by molar-refractivity contribution is 0.0868. The summed E-state index contributed by atoms with van der Waals surface area (Å²) in [6, 6.07) is 16.1. The van der Waals surface area contributed by atoms with E-state index in [1.165, 1.54) is 0 Å². The summed E-state index contributed by atoms with van der Waals surface area (Å²) < 4.78 is 0.